The molecule has 1 saturated heterocycles. The summed E-state index contributed by atoms with van der Waals surface area (Å²) in [5, 5.41) is 11.3. The van der Waals surface area contributed by atoms with E-state index in [1.807, 2.05) is 30.3 Å². The number of rotatable bonds is 5. The van der Waals surface area contributed by atoms with Gasteiger partial charge in [0.15, 0.2) is 0 Å². The average Bonchev–Trinajstić information content (AvgIpc) is 2.91. The molecule has 1 heterocycles. The number of carbonyl (C=O) groups is 2. The van der Waals surface area contributed by atoms with Crippen molar-refractivity contribution in [1.29, 1.82) is 0 Å². The lowest BCUT2D eigenvalue weighted by Gasteiger charge is -2.25. The third kappa shape index (κ3) is 3.36. The first kappa shape index (κ1) is 18.2. The standard InChI is InChI=1S/C20H19ClN2O3/c21-15-9-7-14(8-10-15)18(24)16-17(13-5-2-1-3-6-13)23(12-4-11-22)20(26)19(16)25/h1-3,5-10,17,24H,4,11-12,22H2/t17-/m1/s1. The Bertz CT molecular complexity index is 847. The monoisotopic (exact) mass is 370 g/mol. The van der Waals surface area contributed by atoms with E-state index in [9.17, 15) is 14.7 Å². The van der Waals surface area contributed by atoms with Crippen molar-refractivity contribution < 1.29 is 14.7 Å². The first-order valence-electron chi connectivity index (χ1n) is 8.34. The molecular weight excluding hydrogens is 352 g/mol. The van der Waals surface area contributed by atoms with E-state index in [0.717, 1.165) is 5.56 Å². The summed E-state index contributed by atoms with van der Waals surface area (Å²) in [7, 11) is 0. The number of Topliss-reactive ketones (excluding diaryl/α,β-unsaturated/α-hetero) is 1. The highest BCUT2D eigenvalue weighted by atomic mass is 35.5. The fourth-order valence-electron chi connectivity index (χ4n) is 3.12. The van der Waals surface area contributed by atoms with E-state index in [1.165, 1.54) is 4.90 Å². The molecule has 1 amide bonds. The molecule has 0 bridgehead atoms. The van der Waals surface area contributed by atoms with Crippen LogP contribution in [0.5, 0.6) is 0 Å². The molecule has 0 spiro atoms. The lowest BCUT2D eigenvalue weighted by Crippen LogP contribution is -2.31. The average molecular weight is 371 g/mol. The van der Waals surface area contributed by atoms with E-state index in [1.54, 1.807) is 24.3 Å². The Morgan fingerprint density at radius 1 is 1.08 bits per heavy atom. The molecule has 2 aromatic rings. The number of amides is 1. The van der Waals surface area contributed by atoms with Gasteiger partial charge in [0.25, 0.3) is 11.7 Å². The lowest BCUT2D eigenvalue weighted by molar-refractivity contribution is -0.139. The molecule has 0 saturated carbocycles. The van der Waals surface area contributed by atoms with Gasteiger partial charge in [-0.2, -0.15) is 0 Å². The molecule has 1 fully saturated rings. The van der Waals surface area contributed by atoms with E-state index in [0.29, 0.717) is 30.1 Å². The molecule has 26 heavy (non-hydrogen) atoms. The van der Waals surface area contributed by atoms with Crippen LogP contribution >= 0.6 is 11.6 Å². The van der Waals surface area contributed by atoms with Crippen LogP contribution in [-0.4, -0.2) is 34.8 Å². The molecule has 134 valence electrons. The SMILES string of the molecule is NCCCN1C(=O)C(=O)C(=C(O)c2ccc(Cl)cc2)[C@H]1c1ccccc1. The summed E-state index contributed by atoms with van der Waals surface area (Å²) in [5.74, 6) is -1.52. The second kappa shape index (κ2) is 7.72. The summed E-state index contributed by atoms with van der Waals surface area (Å²) in [5.41, 5.74) is 6.86. The number of nitrogens with zero attached hydrogens (tertiary/aromatic N) is 1. The third-order valence-electron chi connectivity index (χ3n) is 4.38. The minimum absolute atomic E-state index is 0.0838. The summed E-state index contributed by atoms with van der Waals surface area (Å²) in [6, 6.07) is 15.0. The predicted octanol–water partition coefficient (Wildman–Crippen LogP) is 3.11. The summed E-state index contributed by atoms with van der Waals surface area (Å²) in [6.45, 7) is 0.750. The van der Waals surface area contributed by atoms with Gasteiger partial charge in [-0.15, -0.1) is 0 Å². The molecule has 1 aliphatic heterocycles. The lowest BCUT2D eigenvalue weighted by atomic mass is 9.95. The predicted molar refractivity (Wildman–Crippen MR) is 101 cm³/mol. The maximum atomic E-state index is 12.7. The molecule has 3 N–H and O–H groups in total. The Morgan fingerprint density at radius 3 is 2.35 bits per heavy atom. The number of hydrogen-bond donors (Lipinski definition) is 2. The number of aliphatic hydroxyl groups excluding tert-OH is 1. The van der Waals surface area contributed by atoms with Gasteiger partial charge < -0.3 is 15.7 Å². The summed E-state index contributed by atoms with van der Waals surface area (Å²) < 4.78 is 0. The second-order valence-corrected chi connectivity index (χ2v) is 6.49. The van der Waals surface area contributed by atoms with E-state index >= 15 is 0 Å². The van der Waals surface area contributed by atoms with Crippen molar-refractivity contribution in [2.24, 2.45) is 5.73 Å². The van der Waals surface area contributed by atoms with Crippen molar-refractivity contribution >= 4 is 29.1 Å². The van der Waals surface area contributed by atoms with Gasteiger partial charge in [0, 0.05) is 17.1 Å². The quantitative estimate of drug-likeness (QED) is 0.481. The minimum atomic E-state index is -0.691. The Hall–Kier alpha value is -2.63. The Kier molecular flexibility index (Phi) is 5.40. The van der Waals surface area contributed by atoms with Gasteiger partial charge >= 0.3 is 0 Å². The van der Waals surface area contributed by atoms with Crippen molar-refractivity contribution in [2.45, 2.75) is 12.5 Å². The molecule has 6 heteroatoms. The zero-order valence-corrected chi connectivity index (χ0v) is 14.8. The van der Waals surface area contributed by atoms with E-state index in [4.69, 9.17) is 17.3 Å². The van der Waals surface area contributed by atoms with Crippen molar-refractivity contribution in [3.8, 4) is 0 Å². The van der Waals surface area contributed by atoms with Gasteiger partial charge in [0.05, 0.1) is 11.6 Å². The molecule has 0 radical (unpaired) electrons. The number of carbonyl (C=O) groups excluding carboxylic acids is 2. The summed E-state index contributed by atoms with van der Waals surface area (Å²) in [6.07, 6.45) is 0.567. The maximum Gasteiger partial charge on any atom is 0.295 e. The van der Waals surface area contributed by atoms with Crippen LogP contribution < -0.4 is 5.73 Å². The normalized spacial score (nSPS) is 19.2. The highest BCUT2D eigenvalue weighted by Gasteiger charge is 2.45. The van der Waals surface area contributed by atoms with Gasteiger partial charge in [0.1, 0.15) is 5.76 Å². The molecule has 0 aliphatic carbocycles. The molecule has 0 unspecified atom stereocenters. The van der Waals surface area contributed by atoms with E-state index < -0.39 is 17.7 Å². The Labute approximate surface area is 156 Å². The molecule has 2 aromatic carbocycles. The van der Waals surface area contributed by atoms with Crippen LogP contribution in [0.25, 0.3) is 5.76 Å². The van der Waals surface area contributed by atoms with Gasteiger partial charge in [-0.1, -0.05) is 41.9 Å². The van der Waals surface area contributed by atoms with Crippen LogP contribution in [0.4, 0.5) is 0 Å². The number of likely N-dealkylation sites (tertiary alicyclic amines) is 1. The number of benzene rings is 2. The molecule has 5 nitrogen and oxygen atoms in total. The summed E-state index contributed by atoms with van der Waals surface area (Å²) in [4.78, 5) is 26.7. The Morgan fingerprint density at radius 2 is 1.73 bits per heavy atom. The topological polar surface area (TPSA) is 83.6 Å². The van der Waals surface area contributed by atoms with Crippen LogP contribution in [0, 0.1) is 0 Å². The number of ketones is 1. The van der Waals surface area contributed by atoms with Crippen LogP contribution in [0.3, 0.4) is 0 Å². The number of hydrogen-bond acceptors (Lipinski definition) is 4. The second-order valence-electron chi connectivity index (χ2n) is 6.05. The first-order chi connectivity index (χ1) is 12.5. The van der Waals surface area contributed by atoms with Gasteiger partial charge in [0.2, 0.25) is 0 Å². The zero-order valence-electron chi connectivity index (χ0n) is 14.1. The number of nitrogens with two attached hydrogens (primary N) is 1. The molecular formula is C20H19ClN2O3. The minimum Gasteiger partial charge on any atom is -0.507 e. The third-order valence-corrected chi connectivity index (χ3v) is 4.63. The number of aliphatic hydroxyl groups is 1. The van der Waals surface area contributed by atoms with Crippen LogP contribution in [0.15, 0.2) is 60.2 Å². The summed E-state index contributed by atoms with van der Waals surface area (Å²) >= 11 is 5.89. The highest BCUT2D eigenvalue weighted by molar-refractivity contribution is 6.46. The number of halogens is 1. The van der Waals surface area contributed by atoms with Gasteiger partial charge in [-0.05, 0) is 42.8 Å². The molecule has 1 atom stereocenters. The largest absolute Gasteiger partial charge is 0.507 e. The van der Waals surface area contributed by atoms with Crippen LogP contribution in [0.2, 0.25) is 5.02 Å². The highest BCUT2D eigenvalue weighted by Crippen LogP contribution is 2.39. The van der Waals surface area contributed by atoms with Crippen molar-refractivity contribution in [3.63, 3.8) is 0 Å². The zero-order chi connectivity index (χ0) is 18.7. The van der Waals surface area contributed by atoms with Gasteiger partial charge in [-0.3, -0.25) is 9.59 Å². The smallest absolute Gasteiger partial charge is 0.295 e. The first-order valence-corrected chi connectivity index (χ1v) is 8.71. The van der Waals surface area contributed by atoms with E-state index in [-0.39, 0.29) is 11.3 Å². The fourth-order valence-corrected chi connectivity index (χ4v) is 3.24. The fraction of sp³-hybridized carbons (Fsp3) is 0.200. The van der Waals surface area contributed by atoms with Gasteiger partial charge in [-0.25, -0.2) is 0 Å². The van der Waals surface area contributed by atoms with Crippen molar-refractivity contribution in [2.75, 3.05) is 13.1 Å². The van der Waals surface area contributed by atoms with E-state index in [2.05, 4.69) is 0 Å². The molecule has 1 aliphatic rings. The molecule has 0 aromatic heterocycles. The van der Waals surface area contributed by atoms with Crippen molar-refractivity contribution in [1.82, 2.24) is 4.90 Å². The molecule has 3 rings (SSSR count). The van der Waals surface area contributed by atoms with Crippen molar-refractivity contribution in [3.05, 3.63) is 76.3 Å². The van der Waals surface area contributed by atoms with Crippen LogP contribution in [-0.2, 0) is 9.59 Å². The van der Waals surface area contributed by atoms with Crippen LogP contribution in [0.1, 0.15) is 23.6 Å². The Balaban J connectivity index is 2.14. The maximum absolute atomic E-state index is 12.7.